The van der Waals surface area contributed by atoms with Crippen LogP contribution in [0.4, 0.5) is 14.5 Å². The van der Waals surface area contributed by atoms with Crippen LogP contribution >= 0.6 is 23.1 Å². The van der Waals surface area contributed by atoms with Gasteiger partial charge in [-0.05, 0) is 49.6 Å². The lowest BCUT2D eigenvalue weighted by molar-refractivity contribution is -0.126. The number of anilines is 1. The van der Waals surface area contributed by atoms with E-state index in [0.717, 1.165) is 21.9 Å². The molecule has 4 rings (SSSR count). The van der Waals surface area contributed by atoms with Crippen molar-refractivity contribution in [2.75, 3.05) is 5.32 Å². The second-order valence-electron chi connectivity index (χ2n) is 6.90. The third-order valence-corrected chi connectivity index (χ3v) is 7.15. The summed E-state index contributed by atoms with van der Waals surface area (Å²) in [6.07, 6.45) is 0.230. The Morgan fingerprint density at radius 2 is 2.07 bits per heavy atom. The van der Waals surface area contributed by atoms with Gasteiger partial charge in [0.25, 0.3) is 11.8 Å². The van der Waals surface area contributed by atoms with E-state index >= 15 is 0 Å². The number of hydrogen-bond donors (Lipinski definition) is 3. The van der Waals surface area contributed by atoms with Crippen LogP contribution in [0.1, 0.15) is 28.9 Å². The number of alkyl halides is 2. The van der Waals surface area contributed by atoms with Crippen LogP contribution in [-0.4, -0.2) is 36.4 Å². The first-order valence-electron chi connectivity index (χ1n) is 9.01. The first-order valence-corrected chi connectivity index (χ1v) is 10.6. The van der Waals surface area contributed by atoms with Gasteiger partial charge in [-0.3, -0.25) is 9.59 Å². The summed E-state index contributed by atoms with van der Waals surface area (Å²) in [5.41, 5.74) is 0.314. The van der Waals surface area contributed by atoms with Crippen LogP contribution in [0, 0.1) is 0 Å². The molecule has 5 nitrogen and oxygen atoms in total. The Morgan fingerprint density at radius 3 is 2.79 bits per heavy atom. The summed E-state index contributed by atoms with van der Waals surface area (Å²) < 4.78 is 25.7. The topological polar surface area (TPSA) is 70.2 Å². The summed E-state index contributed by atoms with van der Waals surface area (Å²) >= 11 is 2.80. The molecule has 1 aromatic carbocycles. The molecule has 0 radical (unpaired) electrons. The third-order valence-electron chi connectivity index (χ3n) is 4.94. The van der Waals surface area contributed by atoms with Gasteiger partial charge in [-0.15, -0.1) is 11.3 Å². The molecule has 2 bridgehead atoms. The number of carbonyl (C=O) groups is 2. The van der Waals surface area contributed by atoms with E-state index in [4.69, 9.17) is 0 Å². The zero-order valence-corrected chi connectivity index (χ0v) is 16.4. The van der Waals surface area contributed by atoms with Gasteiger partial charge in [-0.1, -0.05) is 17.8 Å². The maximum atomic E-state index is 12.5. The molecule has 0 saturated carbocycles. The van der Waals surface area contributed by atoms with E-state index in [-0.39, 0.29) is 11.9 Å². The number of carbonyl (C=O) groups excluding carboxylic acids is 2. The monoisotopic (exact) mass is 423 g/mol. The zero-order valence-electron chi connectivity index (χ0n) is 14.8. The fraction of sp³-hybridized carbons (Fsp3) is 0.368. The molecule has 0 unspecified atom stereocenters. The molecule has 2 amide bonds. The van der Waals surface area contributed by atoms with Crippen molar-refractivity contribution in [2.24, 2.45) is 0 Å². The number of nitrogens with one attached hydrogen (secondary N) is 3. The van der Waals surface area contributed by atoms with Crippen molar-refractivity contribution < 1.29 is 18.4 Å². The molecule has 3 N–H and O–H groups in total. The fourth-order valence-corrected chi connectivity index (χ4v) is 5.74. The molecule has 3 atom stereocenters. The first-order chi connectivity index (χ1) is 13.5. The summed E-state index contributed by atoms with van der Waals surface area (Å²) in [7, 11) is 0. The summed E-state index contributed by atoms with van der Waals surface area (Å²) in [6.45, 7) is 0. The van der Waals surface area contributed by atoms with Crippen molar-refractivity contribution >= 4 is 40.6 Å². The van der Waals surface area contributed by atoms with Gasteiger partial charge >= 0.3 is 6.43 Å². The molecule has 3 heterocycles. The van der Waals surface area contributed by atoms with Crippen molar-refractivity contribution in [3.8, 4) is 0 Å². The van der Waals surface area contributed by atoms with Crippen molar-refractivity contribution in [3.05, 3.63) is 41.3 Å². The third kappa shape index (κ3) is 4.37. The van der Waals surface area contributed by atoms with Crippen LogP contribution < -0.4 is 16.0 Å². The maximum Gasteiger partial charge on any atom is 0.315 e. The van der Waals surface area contributed by atoms with Gasteiger partial charge in [0.15, 0.2) is 0 Å². The van der Waals surface area contributed by atoms with Gasteiger partial charge < -0.3 is 16.0 Å². The molecular weight excluding hydrogens is 404 g/mol. The van der Waals surface area contributed by atoms with Gasteiger partial charge in [-0.2, -0.15) is 8.78 Å². The number of fused-ring (bicyclic) bond motifs is 2. The number of rotatable bonds is 6. The number of halogens is 2. The molecule has 28 heavy (non-hydrogen) atoms. The van der Waals surface area contributed by atoms with Gasteiger partial charge in [0, 0.05) is 28.7 Å². The predicted octanol–water partition coefficient (Wildman–Crippen LogP) is 3.73. The second-order valence-corrected chi connectivity index (χ2v) is 9.36. The van der Waals surface area contributed by atoms with Crippen molar-refractivity contribution in [2.45, 2.75) is 52.9 Å². The molecule has 2 aromatic rings. The predicted molar refractivity (Wildman–Crippen MR) is 105 cm³/mol. The van der Waals surface area contributed by atoms with E-state index in [9.17, 15) is 18.4 Å². The number of amides is 2. The van der Waals surface area contributed by atoms with Crippen LogP contribution in [-0.2, 0) is 4.79 Å². The lowest BCUT2D eigenvalue weighted by Gasteiger charge is -2.20. The Kier molecular flexibility index (Phi) is 5.65. The lowest BCUT2D eigenvalue weighted by Crippen LogP contribution is -2.42. The Morgan fingerprint density at radius 1 is 1.21 bits per heavy atom. The summed E-state index contributed by atoms with van der Waals surface area (Å²) in [5.74, 6) is -1.39. The number of hydrogen-bond acceptors (Lipinski definition) is 5. The van der Waals surface area contributed by atoms with Gasteiger partial charge in [0.05, 0.1) is 9.09 Å². The van der Waals surface area contributed by atoms with Crippen LogP contribution in [0.2, 0.25) is 0 Å². The van der Waals surface area contributed by atoms with Crippen LogP contribution in [0.15, 0.2) is 45.5 Å². The molecule has 2 aliphatic heterocycles. The highest BCUT2D eigenvalue weighted by atomic mass is 32.2. The molecule has 0 spiro atoms. The van der Waals surface area contributed by atoms with Crippen LogP contribution in [0.3, 0.4) is 0 Å². The lowest BCUT2D eigenvalue weighted by atomic mass is 9.95. The van der Waals surface area contributed by atoms with E-state index in [0.29, 0.717) is 22.6 Å². The zero-order chi connectivity index (χ0) is 19.7. The van der Waals surface area contributed by atoms with Crippen molar-refractivity contribution in [3.63, 3.8) is 0 Å². The quantitative estimate of drug-likeness (QED) is 0.662. The van der Waals surface area contributed by atoms with Crippen LogP contribution in [0.25, 0.3) is 0 Å². The normalized spacial score (nSPS) is 23.2. The Labute approximate surface area is 169 Å². The van der Waals surface area contributed by atoms with E-state index in [2.05, 4.69) is 16.0 Å². The smallest absolute Gasteiger partial charge is 0.315 e. The van der Waals surface area contributed by atoms with E-state index < -0.39 is 12.3 Å². The average Bonchev–Trinajstić information content (AvgIpc) is 3.39. The Balaban J connectivity index is 1.37. The molecule has 2 fully saturated rings. The van der Waals surface area contributed by atoms with Crippen LogP contribution in [0.5, 0.6) is 0 Å². The van der Waals surface area contributed by atoms with Gasteiger partial charge in [-0.25, -0.2) is 0 Å². The van der Waals surface area contributed by atoms with E-state index in [1.165, 1.54) is 29.5 Å². The standard InChI is InChI=1S/C19H19F2N3O2S2/c20-17(21)19(26)23-10-2-1-3-12(8-10)27-16-7-6-15(28-16)18(25)24-14-9-11-4-5-13(14)22-11/h1-3,6-8,11,13-14,17,22H,4-5,9H2,(H,23,26)(H,24,25)/t11-,13+,14-/m1/s1. The first kappa shape index (κ1) is 19.4. The SMILES string of the molecule is O=C(N[C@@H]1C[C@H]2CC[C@@H]1N2)c1ccc(Sc2cccc(NC(=O)C(F)F)c2)s1. The summed E-state index contributed by atoms with van der Waals surface area (Å²) in [5, 5.41) is 8.81. The summed E-state index contributed by atoms with van der Waals surface area (Å²) in [6, 6.07) is 11.5. The average molecular weight is 424 g/mol. The molecule has 1 aromatic heterocycles. The fourth-order valence-electron chi connectivity index (χ4n) is 3.67. The highest BCUT2D eigenvalue weighted by Gasteiger charge is 2.39. The van der Waals surface area contributed by atoms with Crippen molar-refractivity contribution in [1.29, 1.82) is 0 Å². The van der Waals surface area contributed by atoms with Crippen molar-refractivity contribution in [1.82, 2.24) is 10.6 Å². The molecule has 148 valence electrons. The van der Waals surface area contributed by atoms with E-state index in [1.54, 1.807) is 24.3 Å². The van der Waals surface area contributed by atoms with Gasteiger partial charge in [0.1, 0.15) is 0 Å². The molecule has 2 aliphatic rings. The second kappa shape index (κ2) is 8.18. The molecule has 0 aliphatic carbocycles. The molecular formula is C19H19F2N3O2S2. The molecule has 2 saturated heterocycles. The van der Waals surface area contributed by atoms with Gasteiger partial charge in [0.2, 0.25) is 0 Å². The summed E-state index contributed by atoms with van der Waals surface area (Å²) in [4.78, 5) is 25.1. The Bertz CT molecular complexity index is 890. The minimum Gasteiger partial charge on any atom is -0.347 e. The Hall–Kier alpha value is -1.97. The molecule has 9 heteroatoms. The highest BCUT2D eigenvalue weighted by Crippen LogP contribution is 2.35. The highest BCUT2D eigenvalue weighted by molar-refractivity contribution is 8.01. The number of thiophene rings is 1. The number of benzene rings is 1. The largest absolute Gasteiger partial charge is 0.347 e. The minimum absolute atomic E-state index is 0.0610. The van der Waals surface area contributed by atoms with E-state index in [1.807, 2.05) is 12.1 Å². The maximum absolute atomic E-state index is 12.5. The minimum atomic E-state index is -3.06.